The maximum atomic E-state index is 13.0. The number of ether oxygens (including phenoxy) is 1. The van der Waals surface area contributed by atoms with E-state index in [1.165, 1.54) is 4.90 Å². The summed E-state index contributed by atoms with van der Waals surface area (Å²) in [5.74, 6) is -1.27. The molecule has 0 aromatic heterocycles. The summed E-state index contributed by atoms with van der Waals surface area (Å²) in [6, 6.07) is 7.92. The highest BCUT2D eigenvalue weighted by Crippen LogP contribution is 2.38. The molecule has 2 aliphatic rings. The third-order valence-corrected chi connectivity index (χ3v) is 4.87. The Hall–Kier alpha value is -1.92. The number of hydrogen-bond acceptors (Lipinski definition) is 4. The average Bonchev–Trinajstić information content (AvgIpc) is 2.95. The molecule has 1 amide bonds. The second kappa shape index (κ2) is 6.29. The van der Waals surface area contributed by atoms with E-state index in [4.69, 9.17) is 4.74 Å². The summed E-state index contributed by atoms with van der Waals surface area (Å²) in [5, 5.41) is 9.51. The van der Waals surface area contributed by atoms with Gasteiger partial charge in [0, 0.05) is 31.5 Å². The van der Waals surface area contributed by atoms with Gasteiger partial charge in [0.2, 0.25) is 0 Å². The van der Waals surface area contributed by atoms with E-state index in [1.54, 1.807) is 24.3 Å². The van der Waals surface area contributed by atoms with Gasteiger partial charge < -0.3 is 14.7 Å². The SMILES string of the molecule is CCN1CCC2(CC1)OC[C@@H](C(=O)O)N2C(=O)c1ccccc1. The number of rotatable bonds is 3. The third-order valence-electron chi connectivity index (χ3n) is 4.87. The van der Waals surface area contributed by atoms with Crippen LogP contribution in [0.3, 0.4) is 0 Å². The molecule has 2 fully saturated rings. The zero-order valence-electron chi connectivity index (χ0n) is 13.3. The Balaban J connectivity index is 1.91. The van der Waals surface area contributed by atoms with E-state index >= 15 is 0 Å². The highest BCUT2D eigenvalue weighted by atomic mass is 16.5. The Labute approximate surface area is 135 Å². The van der Waals surface area contributed by atoms with Crippen molar-refractivity contribution in [3.63, 3.8) is 0 Å². The lowest BCUT2D eigenvalue weighted by atomic mass is 9.97. The smallest absolute Gasteiger partial charge is 0.328 e. The van der Waals surface area contributed by atoms with Crippen LogP contribution in [0.15, 0.2) is 30.3 Å². The van der Waals surface area contributed by atoms with Gasteiger partial charge in [0.15, 0.2) is 6.04 Å². The van der Waals surface area contributed by atoms with Gasteiger partial charge in [0.1, 0.15) is 5.72 Å². The molecule has 1 aromatic rings. The van der Waals surface area contributed by atoms with Crippen molar-refractivity contribution in [3.8, 4) is 0 Å². The molecular formula is C17H22N2O4. The normalized spacial score (nSPS) is 24.0. The summed E-state index contributed by atoms with van der Waals surface area (Å²) in [4.78, 5) is 28.3. The molecule has 6 nitrogen and oxygen atoms in total. The van der Waals surface area contributed by atoms with Crippen molar-refractivity contribution < 1.29 is 19.4 Å². The lowest BCUT2D eigenvalue weighted by molar-refractivity contribution is -0.143. The van der Waals surface area contributed by atoms with Crippen LogP contribution in [0.1, 0.15) is 30.1 Å². The quantitative estimate of drug-likeness (QED) is 0.913. The summed E-state index contributed by atoms with van der Waals surface area (Å²) in [6.07, 6.45) is 1.28. The van der Waals surface area contributed by atoms with Gasteiger partial charge in [-0.05, 0) is 18.7 Å². The van der Waals surface area contributed by atoms with E-state index in [1.807, 2.05) is 6.07 Å². The highest BCUT2D eigenvalue weighted by molar-refractivity contribution is 5.97. The first kappa shape index (κ1) is 16.0. The summed E-state index contributed by atoms with van der Waals surface area (Å²) < 4.78 is 5.90. The lowest BCUT2D eigenvalue weighted by Crippen LogP contribution is -2.58. The number of carbonyl (C=O) groups is 2. The Bertz CT molecular complexity index is 582. The Morgan fingerprint density at radius 2 is 1.91 bits per heavy atom. The predicted molar refractivity (Wildman–Crippen MR) is 84.1 cm³/mol. The molecule has 0 bridgehead atoms. The maximum Gasteiger partial charge on any atom is 0.328 e. The number of likely N-dealkylation sites (tertiary alicyclic amines) is 1. The minimum Gasteiger partial charge on any atom is -0.480 e. The van der Waals surface area contributed by atoms with Gasteiger partial charge in [-0.3, -0.25) is 9.69 Å². The van der Waals surface area contributed by atoms with E-state index in [9.17, 15) is 14.7 Å². The lowest BCUT2D eigenvalue weighted by Gasteiger charge is -2.44. The molecule has 0 saturated carbocycles. The number of carbonyl (C=O) groups excluding carboxylic acids is 1. The van der Waals surface area contributed by atoms with Crippen LogP contribution >= 0.6 is 0 Å². The van der Waals surface area contributed by atoms with E-state index in [-0.39, 0.29) is 12.5 Å². The van der Waals surface area contributed by atoms with Crippen LogP contribution in [0.25, 0.3) is 0 Å². The zero-order chi connectivity index (χ0) is 16.4. The van der Waals surface area contributed by atoms with Gasteiger partial charge in [-0.2, -0.15) is 0 Å². The number of carboxylic acids is 1. The first-order valence-electron chi connectivity index (χ1n) is 8.05. The first-order chi connectivity index (χ1) is 11.1. The number of amides is 1. The van der Waals surface area contributed by atoms with Crippen LogP contribution in [0.4, 0.5) is 0 Å². The minimum absolute atomic E-state index is 0.0556. The van der Waals surface area contributed by atoms with E-state index < -0.39 is 17.7 Å². The fourth-order valence-electron chi connectivity index (χ4n) is 3.49. The molecule has 1 spiro atoms. The molecule has 0 radical (unpaired) electrons. The number of piperidine rings is 1. The summed E-state index contributed by atoms with van der Waals surface area (Å²) in [5.41, 5.74) is -0.289. The molecule has 0 unspecified atom stereocenters. The van der Waals surface area contributed by atoms with E-state index in [0.29, 0.717) is 18.4 Å². The summed E-state index contributed by atoms with van der Waals surface area (Å²) in [7, 11) is 0. The summed E-state index contributed by atoms with van der Waals surface area (Å²) in [6.45, 7) is 4.72. The number of benzene rings is 1. The van der Waals surface area contributed by atoms with Crippen molar-refractivity contribution in [2.24, 2.45) is 0 Å². The fraction of sp³-hybridized carbons (Fsp3) is 0.529. The van der Waals surface area contributed by atoms with Crippen molar-refractivity contribution in [2.45, 2.75) is 31.5 Å². The molecule has 2 aliphatic heterocycles. The molecule has 124 valence electrons. The number of nitrogens with zero attached hydrogens (tertiary/aromatic N) is 2. The van der Waals surface area contributed by atoms with Gasteiger partial charge in [-0.1, -0.05) is 25.1 Å². The Morgan fingerprint density at radius 1 is 1.26 bits per heavy atom. The molecule has 2 saturated heterocycles. The van der Waals surface area contributed by atoms with Crippen LogP contribution < -0.4 is 0 Å². The second-order valence-electron chi connectivity index (χ2n) is 6.09. The number of carboxylic acid groups (broad SMARTS) is 1. The topological polar surface area (TPSA) is 70.1 Å². The molecule has 1 atom stereocenters. The van der Waals surface area contributed by atoms with Gasteiger partial charge in [-0.25, -0.2) is 4.79 Å². The molecular weight excluding hydrogens is 296 g/mol. The Kier molecular flexibility index (Phi) is 4.37. The van der Waals surface area contributed by atoms with Crippen molar-refractivity contribution in [3.05, 3.63) is 35.9 Å². The fourth-order valence-corrected chi connectivity index (χ4v) is 3.49. The average molecular weight is 318 g/mol. The maximum absolute atomic E-state index is 13.0. The predicted octanol–water partition coefficient (Wildman–Crippen LogP) is 1.42. The van der Waals surface area contributed by atoms with Gasteiger partial charge in [0.05, 0.1) is 6.61 Å². The van der Waals surface area contributed by atoms with Crippen molar-refractivity contribution in [2.75, 3.05) is 26.2 Å². The molecule has 3 rings (SSSR count). The highest BCUT2D eigenvalue weighted by Gasteiger charge is 2.53. The number of aliphatic carboxylic acids is 1. The van der Waals surface area contributed by atoms with Crippen LogP contribution in [0.2, 0.25) is 0 Å². The number of hydrogen-bond donors (Lipinski definition) is 1. The van der Waals surface area contributed by atoms with Crippen molar-refractivity contribution in [1.29, 1.82) is 0 Å². The van der Waals surface area contributed by atoms with E-state index in [2.05, 4.69) is 11.8 Å². The molecule has 0 aliphatic carbocycles. The molecule has 6 heteroatoms. The van der Waals surface area contributed by atoms with Crippen LogP contribution in [-0.2, 0) is 9.53 Å². The second-order valence-corrected chi connectivity index (χ2v) is 6.09. The van der Waals surface area contributed by atoms with Gasteiger partial charge in [0.25, 0.3) is 5.91 Å². The van der Waals surface area contributed by atoms with Crippen LogP contribution in [0, 0.1) is 0 Å². The summed E-state index contributed by atoms with van der Waals surface area (Å²) >= 11 is 0. The monoisotopic (exact) mass is 318 g/mol. The minimum atomic E-state index is -1.01. The molecule has 2 heterocycles. The third kappa shape index (κ3) is 2.84. The van der Waals surface area contributed by atoms with Gasteiger partial charge >= 0.3 is 5.97 Å². The van der Waals surface area contributed by atoms with Crippen molar-refractivity contribution >= 4 is 11.9 Å². The Morgan fingerprint density at radius 3 is 2.48 bits per heavy atom. The largest absolute Gasteiger partial charge is 0.480 e. The van der Waals surface area contributed by atoms with Crippen LogP contribution in [0.5, 0.6) is 0 Å². The molecule has 1 N–H and O–H groups in total. The molecule has 23 heavy (non-hydrogen) atoms. The van der Waals surface area contributed by atoms with Crippen LogP contribution in [-0.4, -0.2) is 64.8 Å². The van der Waals surface area contributed by atoms with Gasteiger partial charge in [-0.15, -0.1) is 0 Å². The van der Waals surface area contributed by atoms with Crippen molar-refractivity contribution in [1.82, 2.24) is 9.80 Å². The zero-order valence-corrected chi connectivity index (χ0v) is 13.3. The standard InChI is InChI=1S/C17H22N2O4/c1-2-18-10-8-17(9-11-18)19(14(12-23-17)16(21)22)15(20)13-6-4-3-5-7-13/h3-7,14H,2,8-12H2,1H3,(H,21,22)/t14-/m0/s1. The van der Waals surface area contributed by atoms with E-state index in [0.717, 1.165) is 19.6 Å². The molecule has 1 aromatic carbocycles. The first-order valence-corrected chi connectivity index (χ1v) is 8.05.